The number of hydrogen-bond acceptors (Lipinski definition) is 3. The Kier molecular flexibility index (Phi) is 2.45. The average molecular weight is 252 g/mol. The van der Waals surface area contributed by atoms with Crippen LogP contribution in [0, 0.1) is 0 Å². The molecule has 1 aromatic heterocycles. The summed E-state index contributed by atoms with van der Waals surface area (Å²) in [7, 11) is 0. The molecule has 1 aromatic carbocycles. The quantitative estimate of drug-likeness (QED) is 0.771. The smallest absolute Gasteiger partial charge is 0.171 e. The molecule has 70 valence electrons. The van der Waals surface area contributed by atoms with Crippen LogP contribution in [0.5, 0.6) is 0 Å². The summed E-state index contributed by atoms with van der Waals surface area (Å²) in [4.78, 5) is 10.4. The molecule has 0 saturated carbocycles. The van der Waals surface area contributed by atoms with E-state index in [1.807, 2.05) is 24.3 Å². The summed E-state index contributed by atoms with van der Waals surface area (Å²) < 4.78 is 5.95. The topological polar surface area (TPSA) is 43.1 Å². The lowest BCUT2D eigenvalue weighted by Crippen LogP contribution is -1.74. The first kappa shape index (κ1) is 9.15. The lowest BCUT2D eigenvalue weighted by Gasteiger charge is -1.94. The third-order valence-corrected chi connectivity index (χ3v) is 2.25. The maximum absolute atomic E-state index is 10.4. The number of carbonyl (C=O) groups is 1. The first-order chi connectivity index (χ1) is 6.79. The van der Waals surface area contributed by atoms with E-state index in [4.69, 9.17) is 4.52 Å². The number of nitrogens with zero attached hydrogens (tertiary/aromatic N) is 1. The highest BCUT2D eigenvalue weighted by Gasteiger charge is 2.05. The van der Waals surface area contributed by atoms with Gasteiger partial charge in [-0.25, -0.2) is 0 Å². The van der Waals surface area contributed by atoms with Crippen LogP contribution in [0.25, 0.3) is 11.3 Å². The van der Waals surface area contributed by atoms with Crippen molar-refractivity contribution in [2.75, 3.05) is 0 Å². The van der Waals surface area contributed by atoms with Crippen molar-refractivity contribution < 1.29 is 9.32 Å². The molecule has 3 nitrogen and oxygen atoms in total. The van der Waals surface area contributed by atoms with E-state index in [2.05, 4.69) is 21.1 Å². The van der Waals surface area contributed by atoms with E-state index in [0.29, 0.717) is 17.7 Å². The van der Waals surface area contributed by atoms with Crippen molar-refractivity contribution in [1.82, 2.24) is 5.16 Å². The number of halogens is 1. The molecular weight excluding hydrogens is 246 g/mol. The standard InChI is InChI=1S/C10H6BrNO2/c11-8-3-1-2-7(4-8)10-5-9(6-13)12-14-10/h1-6H. The molecule has 14 heavy (non-hydrogen) atoms. The van der Waals surface area contributed by atoms with Crippen molar-refractivity contribution in [2.24, 2.45) is 0 Å². The number of rotatable bonds is 2. The van der Waals surface area contributed by atoms with Gasteiger partial charge in [-0.3, -0.25) is 4.79 Å². The molecule has 0 amide bonds. The van der Waals surface area contributed by atoms with Crippen LogP contribution in [0.4, 0.5) is 0 Å². The molecular formula is C10H6BrNO2. The Morgan fingerprint density at radius 2 is 2.21 bits per heavy atom. The SMILES string of the molecule is O=Cc1cc(-c2cccc(Br)c2)on1. The van der Waals surface area contributed by atoms with Gasteiger partial charge in [0.05, 0.1) is 0 Å². The minimum absolute atomic E-state index is 0.306. The molecule has 0 N–H and O–H groups in total. The average Bonchev–Trinajstić information content (AvgIpc) is 2.66. The summed E-state index contributed by atoms with van der Waals surface area (Å²) in [5.74, 6) is 0.591. The van der Waals surface area contributed by atoms with Crippen molar-refractivity contribution in [1.29, 1.82) is 0 Å². The Balaban J connectivity index is 2.43. The first-order valence-corrected chi connectivity index (χ1v) is 4.77. The van der Waals surface area contributed by atoms with E-state index in [9.17, 15) is 4.79 Å². The van der Waals surface area contributed by atoms with Gasteiger partial charge in [0.2, 0.25) is 0 Å². The summed E-state index contributed by atoms with van der Waals surface area (Å²) in [6, 6.07) is 9.20. The molecule has 0 aliphatic carbocycles. The predicted octanol–water partition coefficient (Wildman–Crippen LogP) is 2.92. The van der Waals surface area contributed by atoms with Crippen LogP contribution < -0.4 is 0 Å². The summed E-state index contributed by atoms with van der Waals surface area (Å²) >= 11 is 3.35. The monoisotopic (exact) mass is 251 g/mol. The van der Waals surface area contributed by atoms with Gasteiger partial charge in [0.15, 0.2) is 12.0 Å². The predicted molar refractivity (Wildman–Crippen MR) is 55.0 cm³/mol. The van der Waals surface area contributed by atoms with Gasteiger partial charge in [0.1, 0.15) is 5.69 Å². The lowest BCUT2D eigenvalue weighted by atomic mass is 10.2. The minimum Gasteiger partial charge on any atom is -0.356 e. The fourth-order valence-corrected chi connectivity index (χ4v) is 1.52. The van der Waals surface area contributed by atoms with Gasteiger partial charge < -0.3 is 4.52 Å². The summed E-state index contributed by atoms with van der Waals surface area (Å²) in [6.07, 6.45) is 0.658. The van der Waals surface area contributed by atoms with E-state index in [-0.39, 0.29) is 0 Å². The Hall–Kier alpha value is -1.42. The molecule has 0 aliphatic rings. The van der Waals surface area contributed by atoms with Gasteiger partial charge in [0.25, 0.3) is 0 Å². The Labute approximate surface area is 88.8 Å². The number of hydrogen-bond donors (Lipinski definition) is 0. The highest BCUT2D eigenvalue weighted by molar-refractivity contribution is 9.10. The number of aldehydes is 1. The zero-order chi connectivity index (χ0) is 9.97. The van der Waals surface area contributed by atoms with Crippen molar-refractivity contribution in [3.8, 4) is 11.3 Å². The maximum atomic E-state index is 10.4. The second-order valence-electron chi connectivity index (χ2n) is 2.74. The molecule has 2 rings (SSSR count). The lowest BCUT2D eigenvalue weighted by molar-refractivity contribution is 0.111. The van der Waals surface area contributed by atoms with Crippen molar-refractivity contribution in [3.05, 3.63) is 40.5 Å². The fraction of sp³-hybridized carbons (Fsp3) is 0. The normalized spacial score (nSPS) is 10.1. The van der Waals surface area contributed by atoms with Crippen molar-refractivity contribution in [2.45, 2.75) is 0 Å². The maximum Gasteiger partial charge on any atom is 0.171 e. The molecule has 0 spiro atoms. The summed E-state index contributed by atoms with van der Waals surface area (Å²) in [5.41, 5.74) is 1.19. The van der Waals surface area contributed by atoms with Gasteiger partial charge in [-0.05, 0) is 12.1 Å². The van der Waals surface area contributed by atoms with Crippen LogP contribution in [-0.2, 0) is 0 Å². The highest BCUT2D eigenvalue weighted by Crippen LogP contribution is 2.23. The molecule has 0 saturated heterocycles. The molecule has 4 heteroatoms. The summed E-state index contributed by atoms with van der Waals surface area (Å²) in [6.45, 7) is 0. The molecule has 1 heterocycles. The van der Waals surface area contributed by atoms with E-state index >= 15 is 0 Å². The van der Waals surface area contributed by atoms with Gasteiger partial charge in [-0.2, -0.15) is 0 Å². The largest absolute Gasteiger partial charge is 0.356 e. The van der Waals surface area contributed by atoms with Gasteiger partial charge >= 0.3 is 0 Å². The number of carbonyl (C=O) groups excluding carboxylic acids is 1. The Morgan fingerprint density at radius 3 is 2.86 bits per heavy atom. The van der Waals surface area contributed by atoms with Crippen LogP contribution in [-0.4, -0.2) is 11.4 Å². The molecule has 2 aromatic rings. The number of aromatic nitrogens is 1. The van der Waals surface area contributed by atoms with E-state index in [1.165, 1.54) is 0 Å². The summed E-state index contributed by atoms with van der Waals surface area (Å²) in [5, 5.41) is 3.58. The zero-order valence-corrected chi connectivity index (χ0v) is 8.69. The first-order valence-electron chi connectivity index (χ1n) is 3.97. The Bertz CT molecular complexity index is 465. The second-order valence-corrected chi connectivity index (χ2v) is 3.66. The van der Waals surface area contributed by atoms with Crippen LogP contribution in [0.2, 0.25) is 0 Å². The van der Waals surface area contributed by atoms with Crippen LogP contribution >= 0.6 is 15.9 Å². The second kappa shape index (κ2) is 3.75. The molecule has 0 bridgehead atoms. The third-order valence-electron chi connectivity index (χ3n) is 1.76. The van der Waals surface area contributed by atoms with Crippen molar-refractivity contribution >= 4 is 22.2 Å². The van der Waals surface area contributed by atoms with Crippen LogP contribution in [0.3, 0.4) is 0 Å². The number of benzene rings is 1. The minimum atomic E-state index is 0.306. The molecule has 0 fully saturated rings. The van der Waals surface area contributed by atoms with E-state index in [1.54, 1.807) is 6.07 Å². The Morgan fingerprint density at radius 1 is 1.36 bits per heavy atom. The molecule has 0 atom stereocenters. The zero-order valence-electron chi connectivity index (χ0n) is 7.11. The van der Waals surface area contributed by atoms with Gasteiger partial charge in [-0.15, -0.1) is 0 Å². The molecule has 0 unspecified atom stereocenters. The van der Waals surface area contributed by atoms with E-state index in [0.717, 1.165) is 10.0 Å². The fourth-order valence-electron chi connectivity index (χ4n) is 1.12. The van der Waals surface area contributed by atoms with Crippen molar-refractivity contribution in [3.63, 3.8) is 0 Å². The van der Waals surface area contributed by atoms with Gasteiger partial charge in [0, 0.05) is 16.1 Å². The van der Waals surface area contributed by atoms with Crippen LogP contribution in [0.1, 0.15) is 10.5 Å². The highest BCUT2D eigenvalue weighted by atomic mass is 79.9. The third kappa shape index (κ3) is 1.75. The van der Waals surface area contributed by atoms with Crippen LogP contribution in [0.15, 0.2) is 39.3 Å². The van der Waals surface area contributed by atoms with Gasteiger partial charge in [-0.1, -0.05) is 33.2 Å². The van der Waals surface area contributed by atoms with E-state index < -0.39 is 0 Å². The molecule has 0 aliphatic heterocycles. The molecule has 0 radical (unpaired) electrons.